The minimum absolute atomic E-state index is 0.695. The average molecular weight is 604 g/mol. The van der Waals surface area contributed by atoms with E-state index in [2.05, 4.69) is 65.1 Å². The van der Waals surface area contributed by atoms with Crippen molar-refractivity contribution in [2.24, 2.45) is 17.2 Å². The number of hydrogen-bond donors (Lipinski definition) is 8. The minimum atomic E-state index is 0.695. The number of nitrogens with zero attached hydrogens (tertiary/aromatic N) is 5. The molecular formula is C29H73N13. The fourth-order valence-electron chi connectivity index (χ4n) is 4.73. The summed E-state index contributed by atoms with van der Waals surface area (Å²) >= 11 is 0. The molecule has 0 aromatic rings. The normalized spacial score (nSPS) is 12.3. The maximum Gasteiger partial charge on any atom is 0.0110 e. The molecule has 11 N–H and O–H groups in total. The number of hydrogen-bond acceptors (Lipinski definition) is 13. The van der Waals surface area contributed by atoms with Gasteiger partial charge in [0.2, 0.25) is 0 Å². The Hall–Kier alpha value is -0.520. The van der Waals surface area contributed by atoms with Crippen molar-refractivity contribution >= 4 is 0 Å². The predicted molar refractivity (Wildman–Crippen MR) is 183 cm³/mol. The van der Waals surface area contributed by atoms with E-state index in [1.807, 2.05) is 14.1 Å². The molecular weight excluding hydrogens is 530 g/mol. The molecule has 0 rings (SSSR count). The van der Waals surface area contributed by atoms with E-state index in [4.69, 9.17) is 17.2 Å². The zero-order valence-electron chi connectivity index (χ0n) is 28.1. The lowest BCUT2D eigenvalue weighted by molar-refractivity contribution is 0.183. The summed E-state index contributed by atoms with van der Waals surface area (Å²) in [7, 11) is 6.25. The van der Waals surface area contributed by atoms with Gasteiger partial charge in [0.15, 0.2) is 0 Å². The molecule has 254 valence electrons. The smallest absolute Gasteiger partial charge is 0.0110 e. The molecule has 0 atom stereocenters. The highest BCUT2D eigenvalue weighted by Gasteiger charge is 2.11. The van der Waals surface area contributed by atoms with Gasteiger partial charge >= 0.3 is 0 Å². The maximum absolute atomic E-state index is 5.96. The highest BCUT2D eigenvalue weighted by molar-refractivity contribution is 4.69. The van der Waals surface area contributed by atoms with Crippen molar-refractivity contribution in [1.82, 2.24) is 51.1 Å². The summed E-state index contributed by atoms with van der Waals surface area (Å²) in [5, 5.41) is 17.1. The average Bonchev–Trinajstić information content (AvgIpc) is 2.99. The summed E-state index contributed by atoms with van der Waals surface area (Å²) < 4.78 is 0. The van der Waals surface area contributed by atoms with E-state index < -0.39 is 0 Å². The lowest BCUT2D eigenvalue weighted by Gasteiger charge is -2.29. The lowest BCUT2D eigenvalue weighted by Crippen LogP contribution is -2.45. The quantitative estimate of drug-likeness (QED) is 0.0340. The molecule has 0 heterocycles. The van der Waals surface area contributed by atoms with E-state index in [-0.39, 0.29) is 0 Å². The third-order valence-electron chi connectivity index (χ3n) is 7.64. The standard InChI is InChI=1S/C29H73N13/c1-5-39(26-28-40(17-7-31)20-12-33-2)27-29-41(18-8-32)22-15-37-16-23-42(21-13-34-3)25-24-38(4)19-14-36-11-10-35-9-6-30/h33-37H,5-32H2,1-4H3. The van der Waals surface area contributed by atoms with Crippen LogP contribution in [0.3, 0.4) is 0 Å². The summed E-state index contributed by atoms with van der Waals surface area (Å²) in [6, 6.07) is 0. The van der Waals surface area contributed by atoms with Crippen LogP contribution in [0.15, 0.2) is 0 Å². The van der Waals surface area contributed by atoms with Crippen LogP contribution < -0.4 is 43.8 Å². The van der Waals surface area contributed by atoms with Crippen molar-refractivity contribution in [2.75, 3.05) is 185 Å². The van der Waals surface area contributed by atoms with Crippen molar-refractivity contribution in [1.29, 1.82) is 0 Å². The molecule has 13 nitrogen and oxygen atoms in total. The molecule has 0 saturated heterocycles. The number of likely N-dealkylation sites (N-methyl/N-ethyl adjacent to an activating group) is 4. The highest BCUT2D eigenvalue weighted by atomic mass is 15.2. The Morgan fingerprint density at radius 3 is 1.29 bits per heavy atom. The van der Waals surface area contributed by atoms with Crippen LogP contribution in [0.1, 0.15) is 6.92 Å². The summed E-state index contributed by atoms with van der Waals surface area (Å²) in [5.41, 5.74) is 17.3. The monoisotopic (exact) mass is 604 g/mol. The molecule has 0 fully saturated rings. The van der Waals surface area contributed by atoms with Crippen LogP contribution in [0.25, 0.3) is 0 Å². The fraction of sp³-hybridized carbons (Fsp3) is 1.00. The SMILES string of the molecule is CCN(CCN(CCN)CCNC)CCN(CCN)CCNCCN(CCNC)CCN(C)CCNCCNCCN. The second-order valence-electron chi connectivity index (χ2n) is 11.1. The molecule has 0 aliphatic heterocycles. The van der Waals surface area contributed by atoms with Crippen molar-refractivity contribution in [2.45, 2.75) is 6.92 Å². The van der Waals surface area contributed by atoms with Gasteiger partial charge in [0.25, 0.3) is 0 Å². The van der Waals surface area contributed by atoms with Crippen molar-refractivity contribution < 1.29 is 0 Å². The van der Waals surface area contributed by atoms with Gasteiger partial charge in [0.05, 0.1) is 0 Å². The van der Waals surface area contributed by atoms with Gasteiger partial charge in [-0.05, 0) is 27.7 Å². The highest BCUT2D eigenvalue weighted by Crippen LogP contribution is 1.96. The Balaban J connectivity index is 4.30. The Kier molecular flexibility index (Phi) is 31.5. The van der Waals surface area contributed by atoms with Crippen molar-refractivity contribution in [3.63, 3.8) is 0 Å². The Morgan fingerprint density at radius 1 is 0.405 bits per heavy atom. The van der Waals surface area contributed by atoms with Crippen LogP contribution in [0.5, 0.6) is 0 Å². The van der Waals surface area contributed by atoms with Crippen LogP contribution in [-0.4, -0.2) is 209 Å². The number of rotatable bonds is 34. The molecule has 0 saturated carbocycles. The Labute approximate surface area is 260 Å². The summed E-state index contributed by atoms with van der Waals surface area (Å²) in [4.78, 5) is 12.5. The second-order valence-corrected chi connectivity index (χ2v) is 11.1. The third kappa shape index (κ3) is 25.9. The van der Waals surface area contributed by atoms with Gasteiger partial charge in [-0.25, -0.2) is 0 Å². The largest absolute Gasteiger partial charge is 0.329 e. The van der Waals surface area contributed by atoms with E-state index in [0.717, 1.165) is 144 Å². The Bertz CT molecular complexity index is 532. The van der Waals surface area contributed by atoms with Crippen LogP contribution in [0, 0.1) is 0 Å². The number of nitrogens with one attached hydrogen (secondary N) is 5. The van der Waals surface area contributed by atoms with E-state index >= 15 is 0 Å². The van der Waals surface area contributed by atoms with Crippen molar-refractivity contribution in [3.8, 4) is 0 Å². The fourth-order valence-corrected chi connectivity index (χ4v) is 4.73. The molecule has 0 aromatic carbocycles. The number of nitrogens with two attached hydrogens (primary N) is 3. The molecule has 0 aromatic heterocycles. The molecule has 0 unspecified atom stereocenters. The van der Waals surface area contributed by atoms with Gasteiger partial charge in [0, 0.05) is 157 Å². The zero-order chi connectivity index (χ0) is 31.1. The van der Waals surface area contributed by atoms with E-state index in [1.54, 1.807) is 0 Å². The Morgan fingerprint density at radius 2 is 0.810 bits per heavy atom. The molecule has 13 heteroatoms. The first-order valence-corrected chi connectivity index (χ1v) is 16.6. The zero-order valence-corrected chi connectivity index (χ0v) is 28.1. The van der Waals surface area contributed by atoms with Crippen LogP contribution >= 0.6 is 0 Å². The molecule has 0 radical (unpaired) electrons. The molecule has 0 aliphatic rings. The van der Waals surface area contributed by atoms with Gasteiger partial charge < -0.3 is 53.6 Å². The third-order valence-corrected chi connectivity index (χ3v) is 7.64. The van der Waals surface area contributed by atoms with Gasteiger partial charge in [-0.3, -0.25) is 14.7 Å². The van der Waals surface area contributed by atoms with Gasteiger partial charge in [-0.1, -0.05) is 6.92 Å². The maximum atomic E-state index is 5.96. The predicted octanol–water partition coefficient (Wildman–Crippen LogP) is -3.77. The molecule has 0 aliphatic carbocycles. The van der Waals surface area contributed by atoms with E-state index in [0.29, 0.717) is 19.6 Å². The topological polar surface area (TPSA) is 154 Å². The van der Waals surface area contributed by atoms with Gasteiger partial charge in [-0.2, -0.15) is 0 Å². The summed E-state index contributed by atoms with van der Waals surface area (Å²) in [6.45, 7) is 26.9. The molecule has 42 heavy (non-hydrogen) atoms. The first-order valence-electron chi connectivity index (χ1n) is 16.6. The van der Waals surface area contributed by atoms with Crippen LogP contribution in [0.4, 0.5) is 0 Å². The summed E-state index contributed by atoms with van der Waals surface area (Å²) in [6.07, 6.45) is 0. The van der Waals surface area contributed by atoms with E-state index in [9.17, 15) is 0 Å². The second kappa shape index (κ2) is 31.9. The first kappa shape index (κ1) is 41.5. The van der Waals surface area contributed by atoms with Crippen LogP contribution in [0.2, 0.25) is 0 Å². The molecule has 0 amide bonds. The van der Waals surface area contributed by atoms with Gasteiger partial charge in [-0.15, -0.1) is 0 Å². The van der Waals surface area contributed by atoms with Crippen LogP contribution in [-0.2, 0) is 0 Å². The molecule has 0 bridgehead atoms. The lowest BCUT2D eigenvalue weighted by atomic mass is 10.3. The van der Waals surface area contributed by atoms with Crippen molar-refractivity contribution in [3.05, 3.63) is 0 Å². The summed E-state index contributed by atoms with van der Waals surface area (Å²) in [5.74, 6) is 0. The minimum Gasteiger partial charge on any atom is -0.329 e. The molecule has 0 spiro atoms. The van der Waals surface area contributed by atoms with Gasteiger partial charge in [0.1, 0.15) is 0 Å². The first-order chi connectivity index (χ1) is 20.5. The van der Waals surface area contributed by atoms with E-state index in [1.165, 1.54) is 0 Å².